The Balaban J connectivity index is 1.34. The number of nitrogens with zero attached hydrogens (tertiary/aromatic N) is 1. The van der Waals surface area contributed by atoms with Crippen LogP contribution in [-0.2, 0) is 0 Å². The van der Waals surface area contributed by atoms with Crippen LogP contribution < -0.4 is 5.32 Å². The molecule has 3 rings (SSSR count). The molecule has 0 spiro atoms. The second-order valence-corrected chi connectivity index (χ2v) is 7.54. The Labute approximate surface area is 116 Å². The molecule has 1 N–H and O–H groups in total. The lowest BCUT2D eigenvalue weighted by Crippen LogP contribution is -2.43. The third-order valence-electron chi connectivity index (χ3n) is 5.12. The van der Waals surface area contributed by atoms with Gasteiger partial charge >= 0.3 is 0 Å². The van der Waals surface area contributed by atoms with E-state index in [2.05, 4.69) is 22.0 Å². The molecule has 3 aliphatic rings. The van der Waals surface area contributed by atoms with E-state index in [4.69, 9.17) is 0 Å². The van der Waals surface area contributed by atoms with Gasteiger partial charge in [-0.05, 0) is 63.4 Å². The zero-order valence-electron chi connectivity index (χ0n) is 11.6. The van der Waals surface area contributed by atoms with Crippen molar-refractivity contribution in [1.29, 1.82) is 0 Å². The molecular formula is C15H28N2S. The van der Waals surface area contributed by atoms with E-state index in [1.165, 1.54) is 76.1 Å². The maximum absolute atomic E-state index is 3.80. The molecule has 1 aliphatic carbocycles. The van der Waals surface area contributed by atoms with Crippen molar-refractivity contribution < 1.29 is 0 Å². The van der Waals surface area contributed by atoms with Crippen molar-refractivity contribution in [2.75, 3.05) is 31.1 Å². The van der Waals surface area contributed by atoms with Gasteiger partial charge in [-0.3, -0.25) is 0 Å². The topological polar surface area (TPSA) is 15.3 Å². The SMILES string of the molecule is C1CCC(N2CCC(CN[C@H]3CCSC3)CC2)C1. The fourth-order valence-electron chi connectivity index (χ4n) is 3.82. The van der Waals surface area contributed by atoms with Crippen LogP contribution in [0.15, 0.2) is 0 Å². The van der Waals surface area contributed by atoms with Gasteiger partial charge in [0.1, 0.15) is 0 Å². The zero-order valence-corrected chi connectivity index (χ0v) is 12.4. The number of thioether (sulfide) groups is 1. The molecular weight excluding hydrogens is 240 g/mol. The number of piperidine rings is 1. The maximum atomic E-state index is 3.80. The lowest BCUT2D eigenvalue weighted by Gasteiger charge is -2.36. The Hall–Kier alpha value is 0.270. The van der Waals surface area contributed by atoms with Gasteiger partial charge in [-0.25, -0.2) is 0 Å². The monoisotopic (exact) mass is 268 g/mol. The van der Waals surface area contributed by atoms with Gasteiger partial charge in [0, 0.05) is 17.8 Å². The predicted octanol–water partition coefficient (Wildman–Crippen LogP) is 2.74. The summed E-state index contributed by atoms with van der Waals surface area (Å²) in [7, 11) is 0. The number of nitrogens with one attached hydrogen (secondary N) is 1. The van der Waals surface area contributed by atoms with Crippen molar-refractivity contribution in [3.63, 3.8) is 0 Å². The van der Waals surface area contributed by atoms with E-state index in [9.17, 15) is 0 Å². The van der Waals surface area contributed by atoms with Crippen LogP contribution >= 0.6 is 11.8 Å². The summed E-state index contributed by atoms with van der Waals surface area (Å²) in [5, 5.41) is 3.80. The Morgan fingerprint density at radius 2 is 1.78 bits per heavy atom. The van der Waals surface area contributed by atoms with Crippen molar-refractivity contribution in [3.05, 3.63) is 0 Å². The minimum atomic E-state index is 0.822. The first-order chi connectivity index (χ1) is 8.92. The van der Waals surface area contributed by atoms with E-state index >= 15 is 0 Å². The highest BCUT2D eigenvalue weighted by Gasteiger charge is 2.27. The number of rotatable bonds is 4. The van der Waals surface area contributed by atoms with Gasteiger partial charge in [-0.2, -0.15) is 11.8 Å². The molecule has 18 heavy (non-hydrogen) atoms. The third kappa shape index (κ3) is 3.43. The Morgan fingerprint density at radius 1 is 1.00 bits per heavy atom. The minimum Gasteiger partial charge on any atom is -0.313 e. The van der Waals surface area contributed by atoms with Crippen molar-refractivity contribution in [1.82, 2.24) is 10.2 Å². The molecule has 1 saturated carbocycles. The van der Waals surface area contributed by atoms with Gasteiger partial charge in [0.05, 0.1) is 0 Å². The van der Waals surface area contributed by atoms with Crippen LogP contribution in [0.1, 0.15) is 44.9 Å². The molecule has 0 amide bonds. The van der Waals surface area contributed by atoms with E-state index in [-0.39, 0.29) is 0 Å². The smallest absolute Gasteiger partial charge is 0.0166 e. The van der Waals surface area contributed by atoms with Crippen LogP contribution in [0, 0.1) is 5.92 Å². The highest BCUT2D eigenvalue weighted by molar-refractivity contribution is 7.99. The number of hydrogen-bond acceptors (Lipinski definition) is 3. The fourth-order valence-corrected chi connectivity index (χ4v) is 5.01. The highest BCUT2D eigenvalue weighted by atomic mass is 32.2. The molecule has 0 aromatic rings. The predicted molar refractivity (Wildman–Crippen MR) is 80.3 cm³/mol. The van der Waals surface area contributed by atoms with Crippen LogP contribution in [0.3, 0.4) is 0 Å². The van der Waals surface area contributed by atoms with Crippen LogP contribution in [0.2, 0.25) is 0 Å². The largest absolute Gasteiger partial charge is 0.313 e. The summed E-state index contributed by atoms with van der Waals surface area (Å²) < 4.78 is 0. The number of likely N-dealkylation sites (tertiary alicyclic amines) is 1. The molecule has 3 fully saturated rings. The molecule has 3 heteroatoms. The molecule has 0 bridgehead atoms. The maximum Gasteiger partial charge on any atom is 0.0166 e. The van der Waals surface area contributed by atoms with E-state index in [0.29, 0.717) is 0 Å². The fraction of sp³-hybridized carbons (Fsp3) is 1.00. The van der Waals surface area contributed by atoms with Gasteiger partial charge in [-0.15, -0.1) is 0 Å². The van der Waals surface area contributed by atoms with Gasteiger partial charge in [-0.1, -0.05) is 12.8 Å². The lowest BCUT2D eigenvalue weighted by atomic mass is 9.95. The second-order valence-electron chi connectivity index (χ2n) is 6.39. The standard InChI is InChI=1S/C15H28N2S/c1-2-4-15(3-1)17-8-5-13(6-9-17)11-16-14-7-10-18-12-14/h13-16H,1-12H2/t14-/m0/s1. The molecule has 0 radical (unpaired) electrons. The first kappa shape index (κ1) is 13.3. The molecule has 0 aromatic carbocycles. The minimum absolute atomic E-state index is 0.822. The first-order valence-electron chi connectivity index (χ1n) is 7.97. The Bertz CT molecular complexity index is 239. The Morgan fingerprint density at radius 3 is 2.44 bits per heavy atom. The molecule has 2 nitrogen and oxygen atoms in total. The summed E-state index contributed by atoms with van der Waals surface area (Å²) in [6.45, 7) is 4.02. The average Bonchev–Trinajstić information content (AvgIpc) is 3.10. The quantitative estimate of drug-likeness (QED) is 0.844. The summed E-state index contributed by atoms with van der Waals surface area (Å²) >= 11 is 2.12. The summed E-state index contributed by atoms with van der Waals surface area (Å²) in [5.41, 5.74) is 0. The van der Waals surface area contributed by atoms with Gasteiger partial charge in [0.2, 0.25) is 0 Å². The normalized spacial score (nSPS) is 32.3. The summed E-state index contributed by atoms with van der Waals surface area (Å²) in [5.74, 6) is 3.67. The highest BCUT2D eigenvalue weighted by Crippen LogP contribution is 2.27. The second kappa shape index (κ2) is 6.62. The first-order valence-corrected chi connectivity index (χ1v) is 9.12. The molecule has 0 aromatic heterocycles. The molecule has 0 unspecified atom stereocenters. The van der Waals surface area contributed by atoms with Crippen molar-refractivity contribution in [2.24, 2.45) is 5.92 Å². The van der Waals surface area contributed by atoms with E-state index < -0.39 is 0 Å². The van der Waals surface area contributed by atoms with E-state index in [1.54, 1.807) is 0 Å². The van der Waals surface area contributed by atoms with Crippen LogP contribution in [0.25, 0.3) is 0 Å². The molecule has 2 aliphatic heterocycles. The van der Waals surface area contributed by atoms with Crippen molar-refractivity contribution >= 4 is 11.8 Å². The zero-order chi connectivity index (χ0) is 12.2. The van der Waals surface area contributed by atoms with Crippen LogP contribution in [0.5, 0.6) is 0 Å². The Kier molecular flexibility index (Phi) is 4.88. The van der Waals surface area contributed by atoms with Crippen molar-refractivity contribution in [2.45, 2.75) is 57.0 Å². The van der Waals surface area contributed by atoms with Gasteiger partial charge < -0.3 is 10.2 Å². The molecule has 2 saturated heterocycles. The lowest BCUT2D eigenvalue weighted by molar-refractivity contribution is 0.132. The number of hydrogen-bond donors (Lipinski definition) is 1. The molecule has 1 atom stereocenters. The summed E-state index contributed by atoms with van der Waals surface area (Å²) in [6, 6.07) is 1.77. The van der Waals surface area contributed by atoms with E-state index in [1.807, 2.05) is 0 Å². The molecule has 104 valence electrons. The third-order valence-corrected chi connectivity index (χ3v) is 6.28. The van der Waals surface area contributed by atoms with Crippen molar-refractivity contribution in [3.8, 4) is 0 Å². The summed E-state index contributed by atoms with van der Waals surface area (Å²) in [6.07, 6.45) is 10.2. The average molecular weight is 268 g/mol. The van der Waals surface area contributed by atoms with Gasteiger partial charge in [0.15, 0.2) is 0 Å². The van der Waals surface area contributed by atoms with Gasteiger partial charge in [0.25, 0.3) is 0 Å². The molecule has 2 heterocycles. The van der Waals surface area contributed by atoms with Crippen LogP contribution in [0.4, 0.5) is 0 Å². The van der Waals surface area contributed by atoms with E-state index in [0.717, 1.165) is 18.0 Å². The van der Waals surface area contributed by atoms with Crippen LogP contribution in [-0.4, -0.2) is 48.1 Å². The summed E-state index contributed by atoms with van der Waals surface area (Å²) in [4.78, 5) is 2.79.